The number of H-pyrrole nitrogens is 1. The maximum atomic E-state index is 14.5. The molecule has 8 nitrogen and oxygen atoms in total. The molecule has 0 aromatic carbocycles. The van der Waals surface area contributed by atoms with Crippen molar-refractivity contribution in [2.75, 3.05) is 13.2 Å². The van der Waals surface area contributed by atoms with Crippen molar-refractivity contribution in [3.05, 3.63) is 32.1 Å². The van der Waals surface area contributed by atoms with Crippen LogP contribution in [0.4, 0.5) is 8.78 Å². The van der Waals surface area contributed by atoms with E-state index in [4.69, 9.17) is 25.4 Å². The van der Waals surface area contributed by atoms with Gasteiger partial charge in [0.15, 0.2) is 0 Å². The van der Waals surface area contributed by atoms with Gasteiger partial charge in [0.2, 0.25) is 5.91 Å². The molecule has 1 saturated heterocycles. The quantitative estimate of drug-likeness (QED) is 0.654. The first kappa shape index (κ1) is 21.2. The predicted molar refractivity (Wildman–Crippen MR) is 90.1 cm³/mol. The summed E-state index contributed by atoms with van der Waals surface area (Å²) in [6, 6.07) is 0. The zero-order valence-corrected chi connectivity index (χ0v) is 15.8. The summed E-state index contributed by atoms with van der Waals surface area (Å²) >= 11 is 5.67. The summed E-state index contributed by atoms with van der Waals surface area (Å²) in [5, 5.41) is -0.271. The molecule has 0 spiro atoms. The molecule has 0 aliphatic carbocycles. The molecule has 2 rings (SSSR count). The molecule has 12 heteroatoms. The van der Waals surface area contributed by atoms with Gasteiger partial charge in [-0.2, -0.15) is 0 Å². The fourth-order valence-corrected chi connectivity index (χ4v) is 4.36. The molecule has 26 heavy (non-hydrogen) atoms. The number of nitrogens with one attached hydrogen (secondary N) is 1. The fourth-order valence-electron chi connectivity index (χ4n) is 2.62. The predicted octanol–water partition coefficient (Wildman–Crippen LogP) is 2.77. The minimum absolute atomic E-state index is 0.0316. The van der Waals surface area contributed by atoms with Gasteiger partial charge in [-0.25, -0.2) is 13.6 Å². The second-order valence-electron chi connectivity index (χ2n) is 5.57. The van der Waals surface area contributed by atoms with Crippen LogP contribution in [0.25, 0.3) is 0 Å². The third kappa shape index (κ3) is 4.61. The minimum atomic E-state index is -4.06. The first-order valence-corrected chi connectivity index (χ1v) is 10.0. The van der Waals surface area contributed by atoms with Gasteiger partial charge >= 0.3 is 13.3 Å². The van der Waals surface area contributed by atoms with Crippen molar-refractivity contribution < 1.29 is 27.1 Å². The van der Waals surface area contributed by atoms with Crippen LogP contribution in [-0.2, 0) is 18.3 Å². The lowest BCUT2D eigenvalue weighted by Gasteiger charge is -2.23. The Morgan fingerprint density at radius 1 is 1.42 bits per heavy atom. The van der Waals surface area contributed by atoms with Crippen molar-refractivity contribution in [2.24, 2.45) is 0 Å². The molecule has 0 bridgehead atoms. The van der Waals surface area contributed by atoms with E-state index in [9.17, 15) is 22.9 Å². The maximum Gasteiger partial charge on any atom is 0.364 e. The van der Waals surface area contributed by atoms with Gasteiger partial charge in [0.1, 0.15) is 17.4 Å². The molecule has 0 radical (unpaired) electrons. The Bertz CT molecular complexity index is 777. The van der Waals surface area contributed by atoms with Crippen LogP contribution in [0.5, 0.6) is 0 Å². The van der Waals surface area contributed by atoms with Crippen LogP contribution in [0.15, 0.2) is 15.8 Å². The van der Waals surface area contributed by atoms with Gasteiger partial charge in [-0.1, -0.05) is 11.6 Å². The van der Waals surface area contributed by atoms with Gasteiger partial charge in [-0.3, -0.25) is 18.9 Å². The number of aromatic amines is 1. The molecule has 1 aromatic heterocycles. The Labute approximate surface area is 152 Å². The second kappa shape index (κ2) is 8.75. The molecule has 148 valence electrons. The van der Waals surface area contributed by atoms with Crippen LogP contribution < -0.4 is 11.2 Å². The number of ether oxygens (including phenoxy) is 1. The number of halogens is 3. The van der Waals surface area contributed by atoms with Crippen molar-refractivity contribution in [3.8, 4) is 0 Å². The first-order valence-electron chi connectivity index (χ1n) is 8.05. The average molecular weight is 417 g/mol. The smallest absolute Gasteiger partial charge is 0.351 e. The summed E-state index contributed by atoms with van der Waals surface area (Å²) in [7, 11) is -4.06. The third-order valence-electron chi connectivity index (χ3n) is 3.78. The van der Waals surface area contributed by atoms with Gasteiger partial charge in [0.05, 0.1) is 19.3 Å². The lowest BCUT2D eigenvalue weighted by atomic mass is 10.1. The van der Waals surface area contributed by atoms with E-state index in [1.807, 2.05) is 4.98 Å². The van der Waals surface area contributed by atoms with Crippen LogP contribution in [0.1, 0.15) is 32.9 Å². The lowest BCUT2D eigenvalue weighted by molar-refractivity contribution is -0.0209. The van der Waals surface area contributed by atoms with Gasteiger partial charge < -0.3 is 13.8 Å². The summed E-state index contributed by atoms with van der Waals surface area (Å²) in [6.45, 7) is 3.00. The number of hydrogen-bond donors (Lipinski definition) is 1. The zero-order chi connectivity index (χ0) is 19.5. The van der Waals surface area contributed by atoms with E-state index in [-0.39, 0.29) is 24.7 Å². The van der Waals surface area contributed by atoms with E-state index < -0.39 is 49.7 Å². The second-order valence-corrected chi connectivity index (χ2v) is 8.13. The Hall–Kier alpha value is -1.06. The largest absolute Gasteiger partial charge is 0.364 e. The summed E-state index contributed by atoms with van der Waals surface area (Å²) < 4.78 is 57.3. The maximum absolute atomic E-state index is 14.5. The Morgan fingerprint density at radius 3 is 2.62 bits per heavy atom. The third-order valence-corrected chi connectivity index (χ3v) is 6.19. The van der Waals surface area contributed by atoms with E-state index in [0.717, 1.165) is 10.8 Å². The summed E-state index contributed by atoms with van der Waals surface area (Å²) in [5.41, 5.74) is -1.61. The highest BCUT2D eigenvalue weighted by Gasteiger charge is 2.44. The Kier molecular flexibility index (Phi) is 7.15. The molecule has 4 atom stereocenters. The van der Waals surface area contributed by atoms with Crippen LogP contribution in [0, 0.1) is 0 Å². The van der Waals surface area contributed by atoms with Crippen molar-refractivity contribution in [3.63, 3.8) is 0 Å². The van der Waals surface area contributed by atoms with Gasteiger partial charge in [-0.15, -0.1) is 0 Å². The van der Waals surface area contributed by atoms with Gasteiger partial charge in [0, 0.05) is 19.0 Å². The number of rotatable bonds is 8. The van der Waals surface area contributed by atoms with E-state index in [1.165, 1.54) is 13.8 Å². The molecular weight excluding hydrogens is 397 g/mol. The van der Waals surface area contributed by atoms with Crippen molar-refractivity contribution in [2.45, 2.75) is 51.1 Å². The topological polar surface area (TPSA) is 99.6 Å². The lowest BCUT2D eigenvalue weighted by Crippen LogP contribution is -2.32. The van der Waals surface area contributed by atoms with E-state index in [1.54, 1.807) is 0 Å². The summed E-state index contributed by atoms with van der Waals surface area (Å²) in [4.78, 5) is 25.1. The molecule has 0 saturated carbocycles. The van der Waals surface area contributed by atoms with E-state index in [2.05, 4.69) is 0 Å². The van der Waals surface area contributed by atoms with Gasteiger partial charge in [0.25, 0.3) is 5.56 Å². The highest BCUT2D eigenvalue weighted by atomic mass is 35.5. The van der Waals surface area contributed by atoms with Gasteiger partial charge in [-0.05, 0) is 13.8 Å². The molecule has 1 fully saturated rings. The Morgan fingerprint density at radius 2 is 2.04 bits per heavy atom. The van der Waals surface area contributed by atoms with E-state index >= 15 is 0 Å². The molecule has 0 amide bonds. The van der Waals surface area contributed by atoms with Crippen LogP contribution in [0.3, 0.4) is 0 Å². The molecule has 1 aliphatic rings. The standard InChI is InChI=1S/C14H20ClF2N2O6P/c1-3-23-26(22,24-4-2)11(17)6-10-9(16)5-12(25-10)19-7-8(15)13(20)18-14(19)21/h7,9-12H,3-6H2,1-2H3,(H,18,20,21)/t9?,10-,11?,12-/m1/s1. The van der Waals surface area contributed by atoms with E-state index in [0.29, 0.717) is 0 Å². The highest BCUT2D eigenvalue weighted by molar-refractivity contribution is 7.54. The van der Waals surface area contributed by atoms with Crippen molar-refractivity contribution >= 4 is 19.2 Å². The monoisotopic (exact) mass is 416 g/mol. The molecule has 1 N–H and O–H groups in total. The minimum Gasteiger partial charge on any atom is -0.351 e. The van der Waals surface area contributed by atoms with Crippen molar-refractivity contribution in [1.29, 1.82) is 0 Å². The SMILES string of the molecule is CCOP(=O)(OCC)C(F)C[C@H]1O[C@@H](n2cc(Cl)c(=O)[nH]c2=O)CC1F. The zero-order valence-electron chi connectivity index (χ0n) is 14.2. The molecule has 1 aromatic rings. The number of nitrogens with zero attached hydrogens (tertiary/aromatic N) is 1. The fraction of sp³-hybridized carbons (Fsp3) is 0.714. The molecule has 2 unspecified atom stereocenters. The van der Waals surface area contributed by atoms with Crippen LogP contribution in [0.2, 0.25) is 5.02 Å². The summed E-state index contributed by atoms with van der Waals surface area (Å²) in [5.74, 6) is -2.08. The number of alkyl halides is 2. The van der Waals surface area contributed by atoms with Crippen LogP contribution >= 0.6 is 19.2 Å². The number of hydrogen-bond acceptors (Lipinski definition) is 6. The van der Waals surface area contributed by atoms with Crippen molar-refractivity contribution in [1.82, 2.24) is 9.55 Å². The van der Waals surface area contributed by atoms with Crippen LogP contribution in [-0.4, -0.2) is 41.0 Å². The molecule has 1 aliphatic heterocycles. The number of aromatic nitrogens is 2. The Balaban J connectivity index is 2.14. The average Bonchev–Trinajstić information content (AvgIpc) is 2.92. The highest BCUT2D eigenvalue weighted by Crippen LogP contribution is 2.56. The molecule has 2 heterocycles. The first-order chi connectivity index (χ1) is 12.2. The summed E-state index contributed by atoms with van der Waals surface area (Å²) in [6.07, 6.45) is -3.76. The molecular formula is C14H20ClF2N2O6P. The normalized spacial score (nSPS) is 24.7.